The van der Waals surface area contributed by atoms with Crippen molar-refractivity contribution in [3.63, 3.8) is 0 Å². The maximum absolute atomic E-state index is 9.74. The van der Waals surface area contributed by atoms with Crippen LogP contribution in [0.1, 0.15) is 59.1 Å². The van der Waals surface area contributed by atoms with Crippen molar-refractivity contribution in [1.82, 2.24) is 0 Å². The lowest BCUT2D eigenvalue weighted by atomic mass is 10.1. The van der Waals surface area contributed by atoms with Gasteiger partial charge in [0.05, 0.1) is 6.10 Å². The minimum Gasteiger partial charge on any atom is -0.389 e. The highest BCUT2D eigenvalue weighted by Gasteiger charge is 2.12. The molecule has 0 saturated heterocycles. The molecule has 0 heterocycles. The molecule has 0 aromatic heterocycles. The molecule has 3 heteroatoms. The van der Waals surface area contributed by atoms with E-state index in [9.17, 15) is 5.11 Å². The van der Waals surface area contributed by atoms with Crippen LogP contribution in [0.5, 0.6) is 0 Å². The Bertz CT molecular complexity index is 417. The van der Waals surface area contributed by atoms with Crippen LogP contribution in [0.4, 0.5) is 5.69 Å². The summed E-state index contributed by atoms with van der Waals surface area (Å²) in [7, 11) is 0. The van der Waals surface area contributed by atoms with Crippen molar-refractivity contribution in [2.45, 2.75) is 53.6 Å². The van der Waals surface area contributed by atoms with E-state index in [0.717, 1.165) is 23.1 Å². The summed E-state index contributed by atoms with van der Waals surface area (Å²) in [5.74, 6) is 1.43. The highest BCUT2D eigenvalue weighted by atomic mass is 79.9. The second kappa shape index (κ2) is 8.79. The van der Waals surface area contributed by atoms with Crippen molar-refractivity contribution < 1.29 is 5.11 Å². The van der Waals surface area contributed by atoms with Crippen molar-refractivity contribution in [2.24, 2.45) is 11.8 Å². The third-order valence-corrected chi connectivity index (χ3v) is 4.44. The molecule has 0 aliphatic heterocycles. The van der Waals surface area contributed by atoms with Crippen LogP contribution in [-0.2, 0) is 0 Å². The fourth-order valence-corrected chi connectivity index (χ4v) is 2.95. The molecular weight excluding hydrogens is 326 g/mol. The van der Waals surface area contributed by atoms with E-state index in [1.54, 1.807) is 6.92 Å². The second-order valence-electron chi connectivity index (χ2n) is 6.73. The summed E-state index contributed by atoms with van der Waals surface area (Å²) in [4.78, 5) is 2.47. The van der Waals surface area contributed by atoms with Crippen LogP contribution in [0, 0.1) is 11.8 Å². The first-order chi connectivity index (χ1) is 9.81. The van der Waals surface area contributed by atoms with E-state index < -0.39 is 6.10 Å². The smallest absolute Gasteiger partial charge is 0.0772 e. The van der Waals surface area contributed by atoms with E-state index in [-0.39, 0.29) is 0 Å². The first kappa shape index (κ1) is 18.5. The summed E-state index contributed by atoms with van der Waals surface area (Å²) >= 11 is 3.59. The van der Waals surface area contributed by atoms with Gasteiger partial charge in [-0.3, -0.25) is 0 Å². The predicted molar refractivity (Wildman–Crippen MR) is 95.9 cm³/mol. The van der Waals surface area contributed by atoms with E-state index in [4.69, 9.17) is 0 Å². The molecule has 0 saturated carbocycles. The number of anilines is 1. The summed E-state index contributed by atoms with van der Waals surface area (Å²) in [6.45, 7) is 13.1. The van der Waals surface area contributed by atoms with Crippen LogP contribution in [0.25, 0.3) is 0 Å². The van der Waals surface area contributed by atoms with Gasteiger partial charge in [-0.25, -0.2) is 0 Å². The molecule has 0 unspecified atom stereocenters. The van der Waals surface area contributed by atoms with Gasteiger partial charge in [0.15, 0.2) is 0 Å². The number of aliphatic hydroxyl groups is 1. The second-order valence-corrected chi connectivity index (χ2v) is 7.59. The number of rotatable bonds is 8. The maximum atomic E-state index is 9.74. The Morgan fingerprint density at radius 3 is 1.90 bits per heavy atom. The Balaban J connectivity index is 2.88. The van der Waals surface area contributed by atoms with Crippen molar-refractivity contribution in [2.75, 3.05) is 18.0 Å². The zero-order valence-electron chi connectivity index (χ0n) is 14.1. The molecule has 0 aliphatic carbocycles. The first-order valence-electron chi connectivity index (χ1n) is 8.03. The van der Waals surface area contributed by atoms with E-state index in [0.29, 0.717) is 11.8 Å². The Labute approximate surface area is 138 Å². The molecule has 1 aromatic carbocycles. The molecule has 0 radical (unpaired) electrons. The van der Waals surface area contributed by atoms with E-state index in [2.05, 4.69) is 60.7 Å². The minimum absolute atomic E-state index is 0.437. The van der Waals surface area contributed by atoms with Crippen LogP contribution in [0.2, 0.25) is 0 Å². The van der Waals surface area contributed by atoms with Crippen LogP contribution in [0.3, 0.4) is 0 Å². The van der Waals surface area contributed by atoms with Crippen molar-refractivity contribution in [3.05, 3.63) is 28.2 Å². The summed E-state index contributed by atoms with van der Waals surface area (Å²) in [5, 5.41) is 9.74. The predicted octanol–water partition coefficient (Wildman–Crippen LogP) is 5.40. The number of aliphatic hydroxyl groups excluding tert-OH is 1. The van der Waals surface area contributed by atoms with Gasteiger partial charge in [-0.2, -0.15) is 0 Å². The number of hydrogen-bond acceptors (Lipinski definition) is 2. The van der Waals surface area contributed by atoms with Gasteiger partial charge in [0.2, 0.25) is 0 Å². The highest BCUT2D eigenvalue weighted by molar-refractivity contribution is 9.10. The van der Waals surface area contributed by atoms with Crippen LogP contribution in [-0.4, -0.2) is 18.2 Å². The molecule has 0 amide bonds. The third kappa shape index (κ3) is 6.39. The molecule has 1 atom stereocenters. The van der Waals surface area contributed by atoms with Crippen LogP contribution < -0.4 is 4.90 Å². The first-order valence-corrected chi connectivity index (χ1v) is 8.83. The lowest BCUT2D eigenvalue weighted by Gasteiger charge is -2.27. The third-order valence-electron chi connectivity index (χ3n) is 3.75. The van der Waals surface area contributed by atoms with Gasteiger partial charge in [-0.15, -0.1) is 0 Å². The van der Waals surface area contributed by atoms with E-state index in [1.165, 1.54) is 18.5 Å². The fourth-order valence-electron chi connectivity index (χ4n) is 2.25. The molecule has 0 spiro atoms. The van der Waals surface area contributed by atoms with Crippen LogP contribution in [0.15, 0.2) is 22.7 Å². The lowest BCUT2D eigenvalue weighted by Crippen LogP contribution is -2.27. The fraction of sp³-hybridized carbons (Fsp3) is 0.667. The summed E-state index contributed by atoms with van der Waals surface area (Å²) in [6, 6.07) is 6.30. The Hall–Kier alpha value is -0.540. The van der Waals surface area contributed by atoms with Gasteiger partial charge in [0, 0.05) is 23.2 Å². The van der Waals surface area contributed by atoms with E-state index in [1.807, 2.05) is 6.07 Å². The average molecular weight is 356 g/mol. The number of halogens is 1. The Morgan fingerprint density at radius 1 is 1.00 bits per heavy atom. The lowest BCUT2D eigenvalue weighted by molar-refractivity contribution is 0.198. The quantitative estimate of drug-likeness (QED) is 0.674. The number of nitrogens with zero attached hydrogens (tertiary/aromatic N) is 1. The SMILES string of the molecule is CC(C)CCN(CCC(C)C)c1ccc([C@H](C)O)c(Br)c1. The van der Waals surface area contributed by atoms with Crippen molar-refractivity contribution >= 4 is 21.6 Å². The Kier molecular flexibility index (Phi) is 7.75. The summed E-state index contributed by atoms with van der Waals surface area (Å²) in [5.41, 5.74) is 2.19. The van der Waals surface area contributed by atoms with Gasteiger partial charge >= 0.3 is 0 Å². The summed E-state index contributed by atoms with van der Waals surface area (Å²) in [6.07, 6.45) is 1.97. The minimum atomic E-state index is -0.437. The van der Waals surface area contributed by atoms with Gasteiger partial charge < -0.3 is 10.0 Å². The van der Waals surface area contributed by atoms with Gasteiger partial charge in [0.25, 0.3) is 0 Å². The molecule has 1 aromatic rings. The van der Waals surface area contributed by atoms with E-state index >= 15 is 0 Å². The zero-order valence-corrected chi connectivity index (χ0v) is 15.7. The largest absolute Gasteiger partial charge is 0.389 e. The average Bonchev–Trinajstić information content (AvgIpc) is 2.37. The zero-order chi connectivity index (χ0) is 16.0. The standard InChI is InChI=1S/C18H30BrNO/c1-13(2)8-10-20(11-9-14(3)4)16-6-7-17(15(5)21)18(19)12-16/h6-7,12-15,21H,8-11H2,1-5H3/t15-/m0/s1. The molecule has 1 N–H and O–H groups in total. The normalized spacial score (nSPS) is 13.0. The van der Waals surface area contributed by atoms with Gasteiger partial charge in [0.1, 0.15) is 0 Å². The topological polar surface area (TPSA) is 23.5 Å². The Morgan fingerprint density at radius 2 is 1.52 bits per heavy atom. The number of hydrogen-bond donors (Lipinski definition) is 1. The monoisotopic (exact) mass is 355 g/mol. The molecule has 1 rings (SSSR count). The molecule has 0 fully saturated rings. The highest BCUT2D eigenvalue weighted by Crippen LogP contribution is 2.29. The summed E-state index contributed by atoms with van der Waals surface area (Å²) < 4.78 is 0.995. The molecule has 2 nitrogen and oxygen atoms in total. The number of benzene rings is 1. The molecular formula is C18H30BrNO. The van der Waals surface area contributed by atoms with Crippen molar-refractivity contribution in [3.8, 4) is 0 Å². The van der Waals surface area contributed by atoms with Crippen molar-refractivity contribution in [1.29, 1.82) is 0 Å². The molecule has 21 heavy (non-hydrogen) atoms. The maximum Gasteiger partial charge on any atom is 0.0772 e. The van der Waals surface area contributed by atoms with Gasteiger partial charge in [-0.05, 0) is 49.3 Å². The van der Waals surface area contributed by atoms with Gasteiger partial charge in [-0.1, -0.05) is 49.7 Å². The molecule has 120 valence electrons. The molecule has 0 bridgehead atoms. The van der Waals surface area contributed by atoms with Crippen LogP contribution >= 0.6 is 15.9 Å². The molecule has 0 aliphatic rings.